The Hall–Kier alpha value is -1.56. The van der Waals surface area contributed by atoms with Crippen LogP contribution in [0.4, 0.5) is 13.2 Å². The number of carbonyl (C=O) groups is 1. The summed E-state index contributed by atoms with van der Waals surface area (Å²) < 4.78 is 37.8. The molecule has 6 heteroatoms. The normalized spacial score (nSPS) is 14.7. The first-order chi connectivity index (χ1) is 9.24. The van der Waals surface area contributed by atoms with Gasteiger partial charge in [-0.1, -0.05) is 19.1 Å². The molecular weight excluding hydrogens is 269 g/mol. The summed E-state index contributed by atoms with van der Waals surface area (Å²) in [6.45, 7) is 3.51. The van der Waals surface area contributed by atoms with Crippen LogP contribution in [0.2, 0.25) is 0 Å². The zero-order valence-electron chi connectivity index (χ0n) is 11.5. The summed E-state index contributed by atoms with van der Waals surface area (Å²) in [5, 5.41) is 2.65. The van der Waals surface area contributed by atoms with Gasteiger partial charge in [-0.15, -0.1) is 0 Å². The predicted octanol–water partition coefficient (Wildman–Crippen LogP) is 3.01. The highest BCUT2D eigenvalue weighted by molar-refractivity contribution is 5.77. The summed E-state index contributed by atoms with van der Waals surface area (Å²) in [6, 6.07) is 4.21. The molecule has 2 atom stereocenters. The zero-order valence-corrected chi connectivity index (χ0v) is 11.5. The Balaban J connectivity index is 2.73. The highest BCUT2D eigenvalue weighted by atomic mass is 19.4. The number of alkyl halides is 3. The summed E-state index contributed by atoms with van der Waals surface area (Å²) in [6.07, 6.45) is -3.55. The maximum absolute atomic E-state index is 12.6. The van der Waals surface area contributed by atoms with E-state index in [1.54, 1.807) is 13.0 Å². The van der Waals surface area contributed by atoms with E-state index in [0.29, 0.717) is 12.0 Å². The van der Waals surface area contributed by atoms with Crippen LogP contribution in [0.5, 0.6) is 0 Å². The van der Waals surface area contributed by atoms with Crippen LogP contribution in [-0.2, 0) is 11.0 Å². The van der Waals surface area contributed by atoms with E-state index >= 15 is 0 Å². The molecule has 0 aliphatic heterocycles. The molecule has 2 unspecified atom stereocenters. The van der Waals surface area contributed by atoms with Crippen molar-refractivity contribution in [1.29, 1.82) is 0 Å². The van der Waals surface area contributed by atoms with Gasteiger partial charge in [-0.05, 0) is 31.0 Å². The Morgan fingerprint density at radius 2 is 2.05 bits per heavy atom. The van der Waals surface area contributed by atoms with Gasteiger partial charge in [0.1, 0.15) is 0 Å². The third kappa shape index (κ3) is 4.85. The molecule has 0 heterocycles. The number of hydrogen-bond donors (Lipinski definition) is 2. The number of carbonyl (C=O) groups excluding carboxylic acids is 1. The van der Waals surface area contributed by atoms with Crippen molar-refractivity contribution in [3.8, 4) is 0 Å². The van der Waals surface area contributed by atoms with Gasteiger partial charge in [0.15, 0.2) is 0 Å². The van der Waals surface area contributed by atoms with E-state index in [4.69, 9.17) is 5.73 Å². The van der Waals surface area contributed by atoms with Gasteiger partial charge >= 0.3 is 6.18 Å². The predicted molar refractivity (Wildman–Crippen MR) is 70.9 cm³/mol. The third-order valence-electron chi connectivity index (χ3n) is 3.06. The molecule has 0 aliphatic rings. The molecule has 0 bridgehead atoms. The second-order valence-corrected chi connectivity index (χ2v) is 4.78. The molecule has 0 radical (unpaired) electrons. The van der Waals surface area contributed by atoms with Crippen molar-refractivity contribution in [1.82, 2.24) is 5.32 Å². The first kappa shape index (κ1) is 16.5. The lowest BCUT2D eigenvalue weighted by molar-refractivity contribution is -0.137. The molecule has 1 aromatic rings. The third-order valence-corrected chi connectivity index (χ3v) is 3.06. The highest BCUT2D eigenvalue weighted by Crippen LogP contribution is 2.30. The minimum atomic E-state index is -4.38. The second kappa shape index (κ2) is 6.74. The van der Waals surface area contributed by atoms with Gasteiger partial charge < -0.3 is 11.1 Å². The molecule has 0 aliphatic carbocycles. The van der Waals surface area contributed by atoms with Crippen LogP contribution in [0, 0.1) is 0 Å². The summed E-state index contributed by atoms with van der Waals surface area (Å²) in [7, 11) is 0. The molecular formula is C14H19F3N2O. The minimum Gasteiger partial charge on any atom is -0.350 e. The van der Waals surface area contributed by atoms with E-state index in [2.05, 4.69) is 5.32 Å². The Bertz CT molecular complexity index is 460. The van der Waals surface area contributed by atoms with Crippen LogP contribution < -0.4 is 11.1 Å². The molecule has 112 valence electrons. The van der Waals surface area contributed by atoms with Crippen LogP contribution in [0.15, 0.2) is 24.3 Å². The van der Waals surface area contributed by atoms with E-state index in [9.17, 15) is 18.0 Å². The summed E-state index contributed by atoms with van der Waals surface area (Å²) in [4.78, 5) is 11.7. The molecule has 1 amide bonds. The van der Waals surface area contributed by atoms with Crippen molar-refractivity contribution in [2.45, 2.75) is 44.9 Å². The minimum absolute atomic E-state index is 0.166. The molecule has 0 fully saturated rings. The largest absolute Gasteiger partial charge is 0.416 e. The molecule has 3 nitrogen and oxygen atoms in total. The second-order valence-electron chi connectivity index (χ2n) is 4.78. The van der Waals surface area contributed by atoms with Gasteiger partial charge in [0.2, 0.25) is 5.91 Å². The fourth-order valence-electron chi connectivity index (χ4n) is 1.75. The smallest absolute Gasteiger partial charge is 0.350 e. The van der Waals surface area contributed by atoms with Crippen LogP contribution in [0.1, 0.15) is 43.9 Å². The monoisotopic (exact) mass is 288 g/mol. The van der Waals surface area contributed by atoms with Gasteiger partial charge in [-0.2, -0.15) is 13.2 Å². The first-order valence-electron chi connectivity index (χ1n) is 6.46. The molecule has 0 saturated carbocycles. The lowest BCUT2D eigenvalue weighted by Crippen LogP contribution is -2.32. The fourth-order valence-corrected chi connectivity index (χ4v) is 1.75. The number of benzene rings is 1. The average Bonchev–Trinajstić information content (AvgIpc) is 2.37. The Morgan fingerprint density at radius 1 is 1.40 bits per heavy atom. The average molecular weight is 288 g/mol. The molecule has 20 heavy (non-hydrogen) atoms. The van der Waals surface area contributed by atoms with Crippen LogP contribution in [0.25, 0.3) is 0 Å². The van der Waals surface area contributed by atoms with Crippen molar-refractivity contribution >= 4 is 5.91 Å². The summed E-state index contributed by atoms with van der Waals surface area (Å²) >= 11 is 0. The van der Waals surface area contributed by atoms with Gasteiger partial charge in [-0.3, -0.25) is 4.79 Å². The maximum atomic E-state index is 12.6. The number of amides is 1. The first-order valence-corrected chi connectivity index (χ1v) is 6.46. The van der Waals surface area contributed by atoms with Crippen molar-refractivity contribution in [2.24, 2.45) is 5.73 Å². The lowest BCUT2D eigenvalue weighted by Gasteiger charge is -2.17. The van der Waals surface area contributed by atoms with E-state index in [-0.39, 0.29) is 18.4 Å². The van der Waals surface area contributed by atoms with E-state index in [1.807, 2.05) is 6.92 Å². The van der Waals surface area contributed by atoms with Crippen molar-refractivity contribution in [3.63, 3.8) is 0 Å². The molecule has 3 N–H and O–H groups in total. The van der Waals surface area contributed by atoms with Crippen molar-refractivity contribution in [2.75, 3.05) is 0 Å². The van der Waals surface area contributed by atoms with E-state index in [0.717, 1.165) is 12.1 Å². The number of rotatable bonds is 5. The van der Waals surface area contributed by atoms with Crippen molar-refractivity contribution < 1.29 is 18.0 Å². The zero-order chi connectivity index (χ0) is 15.3. The standard InChI is InChI=1S/C14H19F3N2O/c1-3-12(18)8-13(20)19-9(2)10-5-4-6-11(7-10)14(15,16)17/h4-7,9,12H,3,8,18H2,1-2H3,(H,19,20). The van der Waals surface area contributed by atoms with Crippen LogP contribution >= 0.6 is 0 Å². The van der Waals surface area contributed by atoms with Crippen molar-refractivity contribution in [3.05, 3.63) is 35.4 Å². The summed E-state index contributed by atoms with van der Waals surface area (Å²) in [5.41, 5.74) is 5.35. The molecule has 0 saturated heterocycles. The number of nitrogens with one attached hydrogen (secondary N) is 1. The van der Waals surface area contributed by atoms with Gasteiger partial charge in [0.05, 0.1) is 11.6 Å². The number of halogens is 3. The lowest BCUT2D eigenvalue weighted by atomic mass is 10.0. The van der Waals surface area contributed by atoms with Crippen LogP contribution in [-0.4, -0.2) is 11.9 Å². The Morgan fingerprint density at radius 3 is 2.60 bits per heavy atom. The maximum Gasteiger partial charge on any atom is 0.416 e. The molecule has 1 aromatic carbocycles. The SMILES string of the molecule is CCC(N)CC(=O)NC(C)c1cccc(C(F)(F)F)c1. The highest BCUT2D eigenvalue weighted by Gasteiger charge is 2.30. The quantitative estimate of drug-likeness (QED) is 0.875. The number of nitrogens with two attached hydrogens (primary N) is 1. The Labute approximate surface area is 116 Å². The van der Waals surface area contributed by atoms with Gasteiger partial charge in [0.25, 0.3) is 0 Å². The van der Waals surface area contributed by atoms with E-state index < -0.39 is 17.8 Å². The van der Waals surface area contributed by atoms with Crippen LogP contribution in [0.3, 0.4) is 0 Å². The molecule has 1 rings (SSSR count). The fraction of sp³-hybridized carbons (Fsp3) is 0.500. The topological polar surface area (TPSA) is 55.1 Å². The summed E-state index contributed by atoms with van der Waals surface area (Å²) in [5.74, 6) is -0.260. The number of hydrogen-bond acceptors (Lipinski definition) is 2. The van der Waals surface area contributed by atoms with Gasteiger partial charge in [0, 0.05) is 12.5 Å². The van der Waals surface area contributed by atoms with Gasteiger partial charge in [-0.25, -0.2) is 0 Å². The van der Waals surface area contributed by atoms with E-state index in [1.165, 1.54) is 6.07 Å². The Kier molecular flexibility index (Phi) is 5.56. The molecule has 0 aromatic heterocycles. The molecule has 0 spiro atoms.